The first kappa shape index (κ1) is 19.1. The van der Waals surface area contributed by atoms with Crippen LogP contribution in [0.2, 0.25) is 0 Å². The fourth-order valence-electron chi connectivity index (χ4n) is 2.14. The summed E-state index contributed by atoms with van der Waals surface area (Å²) < 4.78 is 10.9. The van der Waals surface area contributed by atoms with Gasteiger partial charge in [-0.15, -0.1) is 0 Å². The van der Waals surface area contributed by atoms with E-state index in [0.29, 0.717) is 17.1 Å². The van der Waals surface area contributed by atoms with Gasteiger partial charge in [0.25, 0.3) is 11.8 Å². The lowest BCUT2D eigenvalue weighted by molar-refractivity contribution is -0.120. The van der Waals surface area contributed by atoms with E-state index in [1.165, 1.54) is 7.11 Å². The van der Waals surface area contributed by atoms with E-state index in [0.717, 1.165) is 5.69 Å². The van der Waals surface area contributed by atoms with Crippen molar-refractivity contribution in [3.05, 3.63) is 54.1 Å². The van der Waals surface area contributed by atoms with Crippen molar-refractivity contribution in [2.75, 3.05) is 19.0 Å². The summed E-state index contributed by atoms with van der Waals surface area (Å²) in [6.45, 7) is 3.84. The third-order valence-corrected chi connectivity index (χ3v) is 3.33. The summed E-state index contributed by atoms with van der Waals surface area (Å²) in [4.78, 5) is 24.0. The molecule has 0 aliphatic rings. The molecule has 0 aliphatic heterocycles. The molecule has 2 aromatic carbocycles. The fraction of sp³-hybridized carbons (Fsp3) is 0.263. The summed E-state index contributed by atoms with van der Waals surface area (Å²) in [5.41, 5.74) is 5.89. The number of rotatable bonds is 7. The number of para-hydroxylation sites is 1. The normalized spacial score (nSPS) is 10.2. The van der Waals surface area contributed by atoms with Crippen molar-refractivity contribution in [3.63, 3.8) is 0 Å². The van der Waals surface area contributed by atoms with Crippen LogP contribution in [0, 0.1) is 0 Å². The zero-order valence-corrected chi connectivity index (χ0v) is 15.0. The maximum atomic E-state index is 12.2. The van der Waals surface area contributed by atoms with Gasteiger partial charge in [-0.1, -0.05) is 18.2 Å². The number of ether oxygens (including phenoxy) is 2. The molecule has 2 aromatic rings. The maximum absolute atomic E-state index is 12.2. The molecule has 0 atom stereocenters. The number of carbonyl (C=O) groups is 2. The van der Waals surface area contributed by atoms with Crippen molar-refractivity contribution in [2.45, 2.75) is 20.0 Å². The molecule has 0 bridgehead atoms. The van der Waals surface area contributed by atoms with Gasteiger partial charge in [0, 0.05) is 11.3 Å². The molecule has 0 saturated heterocycles. The third-order valence-electron chi connectivity index (χ3n) is 3.33. The Kier molecular flexibility index (Phi) is 6.84. The SMILES string of the molecule is COc1cc(C(=O)NNC(=O)CNc2ccccc2)ccc1OC(C)C. The average molecular weight is 357 g/mol. The van der Waals surface area contributed by atoms with Gasteiger partial charge in [0.15, 0.2) is 11.5 Å². The summed E-state index contributed by atoms with van der Waals surface area (Å²) in [5.74, 6) is 0.181. The Labute approximate surface area is 152 Å². The van der Waals surface area contributed by atoms with Gasteiger partial charge < -0.3 is 14.8 Å². The number of hydrogen-bond acceptors (Lipinski definition) is 5. The second-order valence-electron chi connectivity index (χ2n) is 5.75. The van der Waals surface area contributed by atoms with Gasteiger partial charge in [-0.25, -0.2) is 0 Å². The Morgan fingerprint density at radius 3 is 2.38 bits per heavy atom. The summed E-state index contributed by atoms with van der Waals surface area (Å²) in [6, 6.07) is 14.1. The topological polar surface area (TPSA) is 88.7 Å². The smallest absolute Gasteiger partial charge is 0.269 e. The number of anilines is 1. The van der Waals surface area contributed by atoms with Crippen LogP contribution in [0.1, 0.15) is 24.2 Å². The molecule has 7 heteroatoms. The quantitative estimate of drug-likeness (QED) is 0.662. The molecular weight excluding hydrogens is 334 g/mol. The first-order valence-corrected chi connectivity index (χ1v) is 8.22. The van der Waals surface area contributed by atoms with Crippen LogP contribution in [0.3, 0.4) is 0 Å². The van der Waals surface area contributed by atoms with Gasteiger partial charge in [0.1, 0.15) is 0 Å². The highest BCUT2D eigenvalue weighted by atomic mass is 16.5. The second-order valence-corrected chi connectivity index (χ2v) is 5.75. The van der Waals surface area contributed by atoms with E-state index >= 15 is 0 Å². The molecule has 0 spiro atoms. The van der Waals surface area contributed by atoms with Crippen LogP contribution in [0.4, 0.5) is 5.69 Å². The van der Waals surface area contributed by atoms with Gasteiger partial charge in [-0.2, -0.15) is 0 Å². The Morgan fingerprint density at radius 2 is 1.73 bits per heavy atom. The van der Waals surface area contributed by atoms with E-state index < -0.39 is 5.91 Å². The molecule has 138 valence electrons. The molecule has 2 amide bonds. The molecule has 0 aliphatic carbocycles. The Morgan fingerprint density at radius 1 is 1.00 bits per heavy atom. The molecule has 2 rings (SSSR count). The van der Waals surface area contributed by atoms with Crippen LogP contribution in [0.25, 0.3) is 0 Å². The molecule has 0 heterocycles. The van der Waals surface area contributed by atoms with E-state index in [1.807, 2.05) is 44.2 Å². The van der Waals surface area contributed by atoms with E-state index in [-0.39, 0.29) is 18.6 Å². The highest BCUT2D eigenvalue weighted by Gasteiger charge is 2.13. The van der Waals surface area contributed by atoms with Crippen molar-refractivity contribution >= 4 is 17.5 Å². The average Bonchev–Trinajstić information content (AvgIpc) is 2.65. The number of amides is 2. The van der Waals surface area contributed by atoms with Gasteiger partial charge >= 0.3 is 0 Å². The number of carbonyl (C=O) groups excluding carboxylic acids is 2. The van der Waals surface area contributed by atoms with Crippen molar-refractivity contribution < 1.29 is 19.1 Å². The highest BCUT2D eigenvalue weighted by molar-refractivity contribution is 5.96. The molecule has 0 unspecified atom stereocenters. The van der Waals surface area contributed by atoms with Crippen molar-refractivity contribution in [2.24, 2.45) is 0 Å². The number of hydrazine groups is 1. The minimum atomic E-state index is -0.451. The third kappa shape index (κ3) is 5.70. The predicted molar refractivity (Wildman–Crippen MR) is 99.3 cm³/mol. The largest absolute Gasteiger partial charge is 0.493 e. The number of methoxy groups -OCH3 is 1. The van der Waals surface area contributed by atoms with Crippen LogP contribution >= 0.6 is 0 Å². The molecule has 0 aromatic heterocycles. The van der Waals surface area contributed by atoms with Crippen LogP contribution in [0.5, 0.6) is 11.5 Å². The lowest BCUT2D eigenvalue weighted by Crippen LogP contribution is -2.44. The fourth-order valence-corrected chi connectivity index (χ4v) is 2.14. The summed E-state index contributed by atoms with van der Waals surface area (Å²) in [5, 5.41) is 2.95. The van der Waals surface area contributed by atoms with Crippen LogP contribution in [0.15, 0.2) is 48.5 Å². The van der Waals surface area contributed by atoms with E-state index in [2.05, 4.69) is 16.2 Å². The van der Waals surface area contributed by atoms with E-state index in [4.69, 9.17) is 9.47 Å². The number of nitrogens with one attached hydrogen (secondary N) is 3. The predicted octanol–water partition coefficient (Wildman–Crippen LogP) is 2.36. The molecule has 0 fully saturated rings. The van der Waals surface area contributed by atoms with Gasteiger partial charge in [0.05, 0.1) is 19.8 Å². The highest BCUT2D eigenvalue weighted by Crippen LogP contribution is 2.28. The first-order valence-electron chi connectivity index (χ1n) is 8.22. The zero-order chi connectivity index (χ0) is 18.9. The van der Waals surface area contributed by atoms with E-state index in [9.17, 15) is 9.59 Å². The van der Waals surface area contributed by atoms with Gasteiger partial charge in [0.2, 0.25) is 0 Å². The summed E-state index contributed by atoms with van der Waals surface area (Å²) in [7, 11) is 1.50. The zero-order valence-electron chi connectivity index (χ0n) is 15.0. The van der Waals surface area contributed by atoms with Crippen LogP contribution in [-0.4, -0.2) is 31.6 Å². The number of hydrogen-bond donors (Lipinski definition) is 3. The Hall–Kier alpha value is -3.22. The molecule has 7 nitrogen and oxygen atoms in total. The van der Waals surface area contributed by atoms with Gasteiger partial charge in [-0.05, 0) is 44.2 Å². The molecule has 0 radical (unpaired) electrons. The number of benzene rings is 2. The van der Waals surface area contributed by atoms with E-state index in [1.54, 1.807) is 18.2 Å². The minimum Gasteiger partial charge on any atom is -0.493 e. The molecule has 3 N–H and O–H groups in total. The molecule has 0 saturated carbocycles. The van der Waals surface area contributed by atoms with Crippen molar-refractivity contribution in [1.82, 2.24) is 10.9 Å². The Bertz CT molecular complexity index is 748. The second kappa shape index (κ2) is 9.31. The lowest BCUT2D eigenvalue weighted by atomic mass is 10.2. The van der Waals surface area contributed by atoms with Crippen molar-refractivity contribution in [3.8, 4) is 11.5 Å². The lowest BCUT2D eigenvalue weighted by Gasteiger charge is -2.14. The van der Waals surface area contributed by atoms with Crippen LogP contribution < -0.4 is 25.6 Å². The summed E-state index contributed by atoms with van der Waals surface area (Å²) in [6.07, 6.45) is -0.0139. The monoisotopic (exact) mass is 357 g/mol. The maximum Gasteiger partial charge on any atom is 0.269 e. The molecular formula is C19H23N3O4. The van der Waals surface area contributed by atoms with Crippen molar-refractivity contribution in [1.29, 1.82) is 0 Å². The van der Waals surface area contributed by atoms with Crippen LogP contribution in [-0.2, 0) is 4.79 Å². The van der Waals surface area contributed by atoms with Gasteiger partial charge in [-0.3, -0.25) is 20.4 Å². The minimum absolute atomic E-state index is 0.0139. The standard InChI is InChI=1S/C19H23N3O4/c1-13(2)26-16-10-9-14(11-17(16)25-3)19(24)22-21-18(23)12-20-15-7-5-4-6-8-15/h4-11,13,20H,12H2,1-3H3,(H,21,23)(H,22,24). The molecule has 26 heavy (non-hydrogen) atoms. The first-order chi connectivity index (χ1) is 12.5. The Balaban J connectivity index is 1.87. The summed E-state index contributed by atoms with van der Waals surface area (Å²) >= 11 is 0.